The van der Waals surface area contributed by atoms with Crippen LogP contribution in [0.25, 0.3) is 0 Å². The largest absolute Gasteiger partial charge is 0.330 e. The van der Waals surface area contributed by atoms with Crippen LogP contribution in [0.5, 0.6) is 0 Å². The molecule has 2 aliphatic rings. The summed E-state index contributed by atoms with van der Waals surface area (Å²) in [5, 5.41) is 3.33. The van der Waals surface area contributed by atoms with Crippen LogP contribution in [-0.4, -0.2) is 37.1 Å². The zero-order chi connectivity index (χ0) is 19.1. The molecule has 2 fully saturated rings. The molecule has 1 saturated carbocycles. The lowest BCUT2D eigenvalue weighted by atomic mass is 9.69. The van der Waals surface area contributed by atoms with Crippen molar-refractivity contribution in [3.63, 3.8) is 0 Å². The number of aryl methyl sites for hydroxylation is 1. The normalized spacial score (nSPS) is 28.0. The Bertz CT molecular complexity index is 823. The minimum Gasteiger partial charge on any atom is -0.330 e. The lowest BCUT2D eigenvalue weighted by Crippen LogP contribution is -2.54. The van der Waals surface area contributed by atoms with Gasteiger partial charge in [-0.1, -0.05) is 42.5 Å². The molecule has 2 aromatic rings. The van der Waals surface area contributed by atoms with E-state index < -0.39 is 0 Å². The molecule has 2 aromatic carbocycles. The number of carbonyl (C=O) groups is 1. The summed E-state index contributed by atoms with van der Waals surface area (Å²) < 4.78 is 0. The summed E-state index contributed by atoms with van der Waals surface area (Å²) in [7, 11) is 4.36. The maximum Gasteiger partial charge on any atom is 0.322 e. The highest BCUT2D eigenvalue weighted by atomic mass is 16.2. The summed E-state index contributed by atoms with van der Waals surface area (Å²) >= 11 is 0. The highest BCUT2D eigenvalue weighted by molar-refractivity contribution is 5.95. The third-order valence-electron chi connectivity index (χ3n) is 6.59. The molecule has 1 aliphatic carbocycles. The maximum atomic E-state index is 12.7. The maximum absolute atomic E-state index is 12.7. The van der Waals surface area contributed by atoms with Crippen molar-refractivity contribution in [1.82, 2.24) is 10.2 Å². The summed E-state index contributed by atoms with van der Waals surface area (Å²) in [6, 6.07) is 19.1. The van der Waals surface area contributed by atoms with Gasteiger partial charge in [-0.25, -0.2) is 4.79 Å². The Morgan fingerprint density at radius 1 is 0.963 bits per heavy atom. The average molecular weight is 364 g/mol. The van der Waals surface area contributed by atoms with Crippen molar-refractivity contribution in [2.75, 3.05) is 25.5 Å². The molecular weight excluding hydrogens is 334 g/mol. The first kappa shape index (κ1) is 18.1. The average Bonchev–Trinajstić information content (AvgIpc) is 2.99. The predicted molar refractivity (Wildman–Crippen MR) is 110 cm³/mol. The third-order valence-corrected chi connectivity index (χ3v) is 6.59. The summed E-state index contributed by atoms with van der Waals surface area (Å²) in [6.45, 7) is 2.83. The molecule has 0 atom stereocenters. The SMILES string of the molecule is Cc1cccc(N2CC3(CCC(c4ccccc4)(N(C)C)CC3)NC2=O)c1. The zero-order valence-electron chi connectivity index (χ0n) is 16.5. The Balaban J connectivity index is 1.55. The van der Waals surface area contributed by atoms with Gasteiger partial charge in [0.05, 0.1) is 12.1 Å². The summed E-state index contributed by atoms with van der Waals surface area (Å²) in [5.41, 5.74) is 3.49. The summed E-state index contributed by atoms with van der Waals surface area (Å²) in [5.74, 6) is 0. The molecule has 1 spiro atoms. The van der Waals surface area contributed by atoms with Crippen molar-refractivity contribution in [2.45, 2.75) is 43.7 Å². The van der Waals surface area contributed by atoms with Crippen LogP contribution in [0.4, 0.5) is 10.5 Å². The molecule has 2 amide bonds. The number of carbonyl (C=O) groups excluding carboxylic acids is 1. The lowest BCUT2D eigenvalue weighted by molar-refractivity contribution is 0.0658. The summed E-state index contributed by atoms with van der Waals surface area (Å²) in [4.78, 5) is 17.0. The van der Waals surface area contributed by atoms with Gasteiger partial charge in [-0.05, 0) is 70.0 Å². The van der Waals surface area contributed by atoms with Gasteiger partial charge in [0.15, 0.2) is 0 Å². The highest BCUT2D eigenvalue weighted by Crippen LogP contribution is 2.46. The van der Waals surface area contributed by atoms with E-state index in [9.17, 15) is 4.79 Å². The van der Waals surface area contributed by atoms with Crippen LogP contribution in [-0.2, 0) is 5.54 Å². The van der Waals surface area contributed by atoms with Crippen molar-refractivity contribution >= 4 is 11.7 Å². The predicted octanol–water partition coefficient (Wildman–Crippen LogP) is 4.29. The number of benzene rings is 2. The molecule has 4 nitrogen and oxygen atoms in total. The van der Waals surface area contributed by atoms with Crippen molar-refractivity contribution in [3.05, 3.63) is 65.7 Å². The quantitative estimate of drug-likeness (QED) is 0.883. The van der Waals surface area contributed by atoms with Gasteiger partial charge in [0, 0.05) is 11.2 Å². The first-order valence-electron chi connectivity index (χ1n) is 9.84. The summed E-state index contributed by atoms with van der Waals surface area (Å²) in [6.07, 6.45) is 4.08. The fourth-order valence-corrected chi connectivity index (χ4v) is 4.88. The minimum atomic E-state index is -0.116. The Labute approximate surface area is 162 Å². The van der Waals surface area contributed by atoms with Crippen molar-refractivity contribution in [3.8, 4) is 0 Å². The van der Waals surface area contributed by atoms with Crippen LogP contribution in [0.2, 0.25) is 0 Å². The van der Waals surface area contributed by atoms with Crippen molar-refractivity contribution < 1.29 is 4.79 Å². The smallest absolute Gasteiger partial charge is 0.322 e. The minimum absolute atomic E-state index is 0.0395. The van der Waals surface area contributed by atoms with Gasteiger partial charge in [0.2, 0.25) is 0 Å². The molecule has 0 aromatic heterocycles. The number of anilines is 1. The molecule has 1 heterocycles. The van der Waals surface area contributed by atoms with Gasteiger partial charge in [0.25, 0.3) is 0 Å². The zero-order valence-corrected chi connectivity index (χ0v) is 16.5. The van der Waals surface area contributed by atoms with Crippen molar-refractivity contribution in [1.29, 1.82) is 0 Å². The van der Waals surface area contributed by atoms with Gasteiger partial charge in [-0.2, -0.15) is 0 Å². The number of urea groups is 1. The second-order valence-electron chi connectivity index (χ2n) is 8.43. The van der Waals surface area contributed by atoms with Gasteiger partial charge in [0.1, 0.15) is 0 Å². The molecule has 1 N–H and O–H groups in total. The topological polar surface area (TPSA) is 35.6 Å². The first-order valence-corrected chi connectivity index (χ1v) is 9.84. The number of hydrogen-bond acceptors (Lipinski definition) is 2. The second-order valence-corrected chi connectivity index (χ2v) is 8.43. The number of amides is 2. The van der Waals surface area contributed by atoms with E-state index >= 15 is 0 Å². The molecule has 0 radical (unpaired) electrons. The van der Waals surface area contributed by atoms with Gasteiger partial charge < -0.3 is 5.32 Å². The Morgan fingerprint density at radius 3 is 2.30 bits per heavy atom. The van der Waals surface area contributed by atoms with E-state index in [2.05, 4.69) is 73.7 Å². The van der Waals surface area contributed by atoms with Crippen LogP contribution < -0.4 is 10.2 Å². The number of nitrogens with zero attached hydrogens (tertiary/aromatic N) is 2. The monoisotopic (exact) mass is 363 g/mol. The fraction of sp³-hybridized carbons (Fsp3) is 0.435. The standard InChI is InChI=1S/C23H29N3O/c1-18-8-7-11-20(16-18)26-17-22(24-21(26)27)12-14-23(15-13-22,25(2)3)19-9-5-4-6-10-19/h4-11,16H,12-15,17H2,1-3H3,(H,24,27). The molecule has 1 saturated heterocycles. The van der Waals surface area contributed by atoms with E-state index in [1.54, 1.807) is 0 Å². The van der Waals surface area contributed by atoms with Crippen LogP contribution in [0, 0.1) is 6.92 Å². The molecule has 0 unspecified atom stereocenters. The molecular formula is C23H29N3O. The Hall–Kier alpha value is -2.33. The molecule has 4 heteroatoms. The van der Waals surface area contributed by atoms with E-state index in [0.717, 1.165) is 37.9 Å². The van der Waals surface area contributed by atoms with Gasteiger partial charge in [-0.3, -0.25) is 9.80 Å². The second kappa shape index (κ2) is 6.68. The fourth-order valence-electron chi connectivity index (χ4n) is 4.88. The molecule has 27 heavy (non-hydrogen) atoms. The van der Waals surface area contributed by atoms with Gasteiger partial charge >= 0.3 is 6.03 Å². The van der Waals surface area contributed by atoms with Gasteiger partial charge in [-0.15, -0.1) is 0 Å². The van der Waals surface area contributed by atoms with E-state index in [-0.39, 0.29) is 17.1 Å². The number of nitrogens with one attached hydrogen (secondary N) is 1. The van der Waals surface area contributed by atoms with Crippen LogP contribution in [0.15, 0.2) is 54.6 Å². The number of hydrogen-bond donors (Lipinski definition) is 1. The van der Waals surface area contributed by atoms with Crippen LogP contribution >= 0.6 is 0 Å². The Morgan fingerprint density at radius 2 is 1.67 bits per heavy atom. The number of rotatable bonds is 3. The Kier molecular flexibility index (Phi) is 4.47. The van der Waals surface area contributed by atoms with Crippen molar-refractivity contribution in [2.24, 2.45) is 0 Å². The molecule has 1 aliphatic heterocycles. The van der Waals surface area contributed by atoms with E-state index in [4.69, 9.17) is 0 Å². The third kappa shape index (κ3) is 3.12. The van der Waals surface area contributed by atoms with E-state index in [1.165, 1.54) is 11.1 Å². The van der Waals surface area contributed by atoms with Crippen LogP contribution in [0.1, 0.15) is 36.8 Å². The molecule has 0 bridgehead atoms. The molecule has 4 rings (SSSR count). The molecule has 142 valence electrons. The van der Waals surface area contributed by atoms with E-state index in [1.807, 2.05) is 17.0 Å². The lowest BCUT2D eigenvalue weighted by Gasteiger charge is -2.48. The van der Waals surface area contributed by atoms with Crippen LogP contribution in [0.3, 0.4) is 0 Å². The first-order chi connectivity index (χ1) is 12.9. The highest BCUT2D eigenvalue weighted by Gasteiger charge is 2.50. The van der Waals surface area contributed by atoms with E-state index in [0.29, 0.717) is 0 Å².